The van der Waals surface area contributed by atoms with E-state index in [4.69, 9.17) is 24.7 Å². The SMILES string of the molecule is CN[C@H](C)C(=O)N[C@@H](C(=O)N1Cc2cc(OCCOCCOCCC(=O)N(C)CCn3nc(C#N)c4c3CN(C)C(=O)c3ccc(F)cc3[C@@H](C)Oc3cc-4cnc3N)ccc2C[C@@H]1C(=O)N[C@H]1CCCc2ccccc21)C(C)(C)C. The van der Waals surface area contributed by atoms with Gasteiger partial charge in [-0.2, -0.15) is 10.4 Å². The Morgan fingerprint density at radius 2 is 1.73 bits per heavy atom. The van der Waals surface area contributed by atoms with Crippen LogP contribution in [-0.4, -0.2) is 138 Å². The summed E-state index contributed by atoms with van der Waals surface area (Å²) in [7, 11) is 4.95. The maximum Gasteiger partial charge on any atom is 0.254 e. The van der Waals surface area contributed by atoms with Gasteiger partial charge < -0.3 is 55.3 Å². The number of nitrogens with zero attached hydrogens (tertiary/aromatic N) is 7. The minimum Gasteiger partial charge on any atom is -0.491 e. The monoisotopic (exact) mass is 1110 g/mol. The zero-order valence-electron chi connectivity index (χ0n) is 47.5. The standard InChI is InChI=1S/C60H74FN11O9/c1-36(64-6)56(74)67-54(60(3,4)5)59(77)71-34-41-28-43(18-16-39(41)29-49(71)57(75)66-47-15-11-13-38-12-9-10-14-44(38)47)80-27-26-79-25-24-78-23-20-52(73)69(7)21-22-72-50-35-70(8)58(76)45-19-17-42(61)31-46(45)37(2)81-51-30-40(33-65-55(51)63)53(50)48(32-62)68-72/h9-10,12,14,16-19,28,30-31,33,36-37,47,49,54,64H,11,13,15,20-27,29,34-35H2,1-8H3,(H2,63,65)(H,66,75)(H,67,74)/t36-,37-,47+,49-,54+/m1/s1. The Kier molecular flexibility index (Phi) is 19.1. The molecular formula is C60H74FN11O9. The van der Waals surface area contributed by atoms with E-state index in [-0.39, 0.29) is 125 Å². The smallest absolute Gasteiger partial charge is 0.254 e. The van der Waals surface area contributed by atoms with Crippen molar-refractivity contribution in [3.63, 3.8) is 0 Å². The van der Waals surface area contributed by atoms with Gasteiger partial charge >= 0.3 is 0 Å². The van der Waals surface area contributed by atoms with Crippen LogP contribution in [0.2, 0.25) is 0 Å². The van der Waals surface area contributed by atoms with Gasteiger partial charge in [0.05, 0.1) is 63.7 Å². The van der Waals surface area contributed by atoms with E-state index in [1.54, 1.807) is 55.5 Å². The predicted octanol–water partition coefficient (Wildman–Crippen LogP) is 5.81. The van der Waals surface area contributed by atoms with Crippen molar-refractivity contribution in [2.24, 2.45) is 5.41 Å². The number of carbonyl (C=O) groups excluding carboxylic acids is 5. The van der Waals surface area contributed by atoms with Gasteiger partial charge in [-0.15, -0.1) is 0 Å². The minimum atomic E-state index is -0.911. The summed E-state index contributed by atoms with van der Waals surface area (Å²) in [6, 6.07) is 19.1. The second kappa shape index (κ2) is 26.1. The van der Waals surface area contributed by atoms with Crippen molar-refractivity contribution >= 4 is 35.4 Å². The van der Waals surface area contributed by atoms with Gasteiger partial charge in [-0.25, -0.2) is 9.37 Å². The second-order valence-electron chi connectivity index (χ2n) is 22.0. The van der Waals surface area contributed by atoms with Gasteiger partial charge in [0.25, 0.3) is 5.91 Å². The summed E-state index contributed by atoms with van der Waals surface area (Å²) in [6.07, 6.45) is 3.79. The van der Waals surface area contributed by atoms with Crippen LogP contribution in [0.1, 0.15) is 116 Å². The number of pyridine rings is 1. The molecule has 2 aromatic heterocycles. The van der Waals surface area contributed by atoms with Crippen LogP contribution in [0, 0.1) is 22.6 Å². The van der Waals surface area contributed by atoms with E-state index < -0.39 is 41.4 Å². The number of carbonyl (C=O) groups is 5. The Morgan fingerprint density at radius 1 is 0.975 bits per heavy atom. The molecule has 0 saturated heterocycles. The maximum atomic E-state index is 14.7. The lowest BCUT2D eigenvalue weighted by Gasteiger charge is -2.41. The summed E-state index contributed by atoms with van der Waals surface area (Å²) < 4.78 is 39.9. The number of hydrogen-bond acceptors (Lipinski definition) is 14. The van der Waals surface area contributed by atoms with Crippen LogP contribution in [0.15, 0.2) is 72.9 Å². The van der Waals surface area contributed by atoms with E-state index in [9.17, 15) is 33.6 Å². The molecule has 0 radical (unpaired) electrons. The Balaban J connectivity index is 0.825. The molecule has 8 rings (SSSR count). The van der Waals surface area contributed by atoms with Crippen LogP contribution < -0.4 is 31.2 Å². The molecular weight excluding hydrogens is 1040 g/mol. The fourth-order valence-corrected chi connectivity index (χ4v) is 10.5. The quantitative estimate of drug-likeness (QED) is 0.0713. The first-order chi connectivity index (χ1) is 38.8. The van der Waals surface area contributed by atoms with Crippen molar-refractivity contribution in [3.05, 3.63) is 124 Å². The van der Waals surface area contributed by atoms with Gasteiger partial charge in [-0.1, -0.05) is 51.1 Å². The summed E-state index contributed by atoms with van der Waals surface area (Å²) in [6.45, 7) is 10.8. The number of anilines is 1. The Hall–Kier alpha value is -7.93. The summed E-state index contributed by atoms with van der Waals surface area (Å²) in [5, 5.41) is 24.1. The topological polar surface area (TPSA) is 249 Å². The molecule has 0 saturated carbocycles. The van der Waals surface area contributed by atoms with Gasteiger partial charge in [-0.3, -0.25) is 28.7 Å². The molecule has 0 fully saturated rings. The maximum absolute atomic E-state index is 14.7. The molecule has 2 aliphatic heterocycles. The van der Waals surface area contributed by atoms with Crippen molar-refractivity contribution in [1.82, 2.24) is 45.4 Å². The summed E-state index contributed by atoms with van der Waals surface area (Å²) in [5.74, 6) is -1.18. The number of nitriles is 1. The van der Waals surface area contributed by atoms with Crippen molar-refractivity contribution in [2.75, 3.05) is 66.5 Å². The summed E-state index contributed by atoms with van der Waals surface area (Å²) >= 11 is 0. The van der Waals surface area contributed by atoms with Crippen LogP contribution in [0.5, 0.6) is 11.5 Å². The molecule has 1 aliphatic carbocycles. The first-order valence-corrected chi connectivity index (χ1v) is 27.5. The third kappa shape index (κ3) is 14.0. The number of nitrogens with two attached hydrogens (primary N) is 1. The molecule has 21 heteroatoms. The van der Waals surface area contributed by atoms with E-state index in [0.29, 0.717) is 28.1 Å². The largest absolute Gasteiger partial charge is 0.491 e. The number of benzene rings is 3. The number of rotatable bonds is 19. The predicted molar refractivity (Wildman–Crippen MR) is 300 cm³/mol. The highest BCUT2D eigenvalue weighted by atomic mass is 19.1. The minimum absolute atomic E-state index is 0.0177. The van der Waals surface area contributed by atoms with Crippen molar-refractivity contribution in [3.8, 4) is 28.7 Å². The summed E-state index contributed by atoms with van der Waals surface area (Å²) in [5.41, 5.74) is 11.7. The molecule has 430 valence electrons. The van der Waals surface area contributed by atoms with Crippen molar-refractivity contribution in [1.29, 1.82) is 5.26 Å². The fourth-order valence-electron chi connectivity index (χ4n) is 10.5. The molecule has 0 spiro atoms. The highest BCUT2D eigenvalue weighted by Gasteiger charge is 2.43. The van der Waals surface area contributed by atoms with Crippen molar-refractivity contribution < 1.29 is 47.3 Å². The lowest BCUT2D eigenvalue weighted by Crippen LogP contribution is -2.62. The van der Waals surface area contributed by atoms with Crippen LogP contribution in [0.25, 0.3) is 11.1 Å². The van der Waals surface area contributed by atoms with Gasteiger partial charge in [0.2, 0.25) is 23.6 Å². The molecule has 5 N–H and O–H groups in total. The molecule has 81 heavy (non-hydrogen) atoms. The number of aromatic nitrogens is 3. The van der Waals surface area contributed by atoms with Gasteiger partial charge in [-0.05, 0) is 104 Å². The zero-order chi connectivity index (χ0) is 58.1. The van der Waals surface area contributed by atoms with E-state index in [2.05, 4.69) is 44.2 Å². The van der Waals surface area contributed by atoms with E-state index in [1.165, 1.54) is 34.9 Å². The molecule has 5 aromatic rings. The fraction of sp³-hybridized carbons (Fsp3) is 0.467. The Morgan fingerprint density at radius 3 is 2.48 bits per heavy atom. The number of aryl methyl sites for hydroxylation is 1. The molecule has 0 unspecified atom stereocenters. The zero-order valence-corrected chi connectivity index (χ0v) is 47.5. The van der Waals surface area contributed by atoms with Crippen LogP contribution in [0.4, 0.5) is 10.2 Å². The third-order valence-electron chi connectivity index (χ3n) is 15.3. The first kappa shape index (κ1) is 59.2. The first-order valence-electron chi connectivity index (χ1n) is 27.5. The van der Waals surface area contributed by atoms with Crippen molar-refractivity contribution in [2.45, 2.75) is 117 Å². The highest BCUT2D eigenvalue weighted by Crippen LogP contribution is 2.37. The number of hydrogen-bond donors (Lipinski definition) is 4. The highest BCUT2D eigenvalue weighted by molar-refractivity contribution is 5.96. The lowest BCUT2D eigenvalue weighted by atomic mass is 9.83. The van der Waals surface area contributed by atoms with E-state index >= 15 is 0 Å². The van der Waals surface area contributed by atoms with Crippen LogP contribution in [0.3, 0.4) is 0 Å². The van der Waals surface area contributed by atoms with Gasteiger partial charge in [0.1, 0.15) is 42.4 Å². The number of nitrogen functional groups attached to an aromatic ring is 1. The molecule has 4 heterocycles. The van der Waals surface area contributed by atoms with Crippen LogP contribution in [-0.2, 0) is 61.1 Å². The average Bonchev–Trinajstić information content (AvgIpc) is 4.10. The lowest BCUT2D eigenvalue weighted by molar-refractivity contribution is -0.147. The molecule has 5 atom stereocenters. The number of fused-ring (bicyclic) bond motifs is 7. The average molecular weight is 1110 g/mol. The molecule has 5 amide bonds. The van der Waals surface area contributed by atoms with E-state index in [1.807, 2.05) is 51.1 Å². The number of ether oxygens (including phenoxy) is 4. The van der Waals surface area contributed by atoms with Crippen LogP contribution >= 0.6 is 0 Å². The third-order valence-corrected chi connectivity index (χ3v) is 15.3. The van der Waals surface area contributed by atoms with Gasteiger partial charge in [0.15, 0.2) is 17.3 Å². The normalized spacial score (nSPS) is 17.5. The van der Waals surface area contributed by atoms with Gasteiger partial charge in [0, 0.05) is 62.1 Å². The molecule has 3 aromatic carbocycles. The Bertz CT molecular complexity index is 3170. The number of halogens is 1. The summed E-state index contributed by atoms with van der Waals surface area (Å²) in [4.78, 5) is 78.5. The second-order valence-corrected chi connectivity index (χ2v) is 22.0. The number of amides is 5. The molecule has 3 aliphatic rings. The molecule has 2 bridgehead atoms. The Labute approximate surface area is 472 Å². The molecule has 20 nitrogen and oxygen atoms in total. The number of nitrogens with one attached hydrogen (secondary N) is 3. The van der Waals surface area contributed by atoms with E-state index in [0.717, 1.165) is 36.0 Å². The number of likely N-dealkylation sites (N-methyl/N-ethyl adjacent to an activating group) is 2.